The van der Waals surface area contributed by atoms with E-state index in [1.165, 1.54) is 0 Å². The third-order valence-electron chi connectivity index (χ3n) is 4.90. The molecular weight excluding hydrogens is 405 g/mol. The average molecular weight is 422 g/mol. The molecule has 10 heteroatoms. The number of nitrogens with zero attached hydrogens (tertiary/aromatic N) is 4. The number of ketones is 1. The van der Waals surface area contributed by atoms with Crippen molar-refractivity contribution in [2.75, 3.05) is 11.4 Å². The van der Waals surface area contributed by atoms with Crippen molar-refractivity contribution >= 4 is 27.2 Å². The van der Waals surface area contributed by atoms with Crippen LogP contribution in [0.25, 0.3) is 4.96 Å². The fourth-order valence-electron chi connectivity index (χ4n) is 3.47. The van der Waals surface area contributed by atoms with Gasteiger partial charge in [-0.15, -0.1) is 5.10 Å². The fraction of sp³-hybridized carbons (Fsp3) is 0.368. The molecule has 0 saturated carbocycles. The van der Waals surface area contributed by atoms with E-state index in [1.54, 1.807) is 4.90 Å². The van der Waals surface area contributed by atoms with Gasteiger partial charge in [-0.25, -0.2) is 4.98 Å². The molecular formula is C19H17F3N4O2S. The first-order chi connectivity index (χ1) is 13.8. The Morgan fingerprint density at radius 1 is 1.24 bits per heavy atom. The molecule has 1 atom stereocenters. The largest absolute Gasteiger partial charge is 0.433 e. The summed E-state index contributed by atoms with van der Waals surface area (Å²) < 4.78 is 39.6. The molecule has 1 saturated heterocycles. The molecule has 1 fully saturated rings. The Labute approximate surface area is 167 Å². The van der Waals surface area contributed by atoms with Gasteiger partial charge >= 0.3 is 6.18 Å². The highest BCUT2D eigenvalue weighted by molar-refractivity contribution is 7.20. The predicted molar refractivity (Wildman–Crippen MR) is 102 cm³/mol. The molecule has 1 aromatic carbocycles. The van der Waals surface area contributed by atoms with Crippen LogP contribution in [0.5, 0.6) is 0 Å². The highest BCUT2D eigenvalue weighted by atomic mass is 32.1. The Bertz CT molecular complexity index is 1090. The Morgan fingerprint density at radius 2 is 2.00 bits per heavy atom. The van der Waals surface area contributed by atoms with E-state index >= 15 is 0 Å². The molecule has 1 aliphatic heterocycles. The van der Waals surface area contributed by atoms with Crippen molar-refractivity contribution in [3.63, 3.8) is 0 Å². The van der Waals surface area contributed by atoms with Crippen molar-refractivity contribution in [1.82, 2.24) is 14.6 Å². The number of carbonyl (C=O) groups excluding carboxylic acids is 1. The maximum atomic E-state index is 12.9. The van der Waals surface area contributed by atoms with Gasteiger partial charge in [-0.05, 0) is 24.8 Å². The van der Waals surface area contributed by atoms with E-state index in [0.29, 0.717) is 37.0 Å². The summed E-state index contributed by atoms with van der Waals surface area (Å²) in [7, 11) is 0. The summed E-state index contributed by atoms with van der Waals surface area (Å²) >= 11 is 0.889. The number of halogens is 3. The highest BCUT2D eigenvalue weighted by Gasteiger charge is 2.35. The molecule has 4 rings (SSSR count). The standard InChI is InChI=1S/C19H17F3N4O2S/c20-19(21,22)15-11-16(28)26-17(23-15)29-18(24-26)25-10-4-7-13(25)14(27)9-8-12-5-2-1-3-6-12/h1-3,5-6,11,13H,4,7-10H2/t13-/m1/s1. The van der Waals surface area contributed by atoms with Crippen LogP contribution in [0.1, 0.15) is 30.5 Å². The molecule has 3 heterocycles. The number of hydrogen-bond acceptors (Lipinski definition) is 6. The summed E-state index contributed by atoms with van der Waals surface area (Å²) in [6.45, 7) is 0.558. The van der Waals surface area contributed by atoms with E-state index in [2.05, 4.69) is 10.1 Å². The van der Waals surface area contributed by atoms with Gasteiger partial charge in [0, 0.05) is 19.0 Å². The van der Waals surface area contributed by atoms with Gasteiger partial charge in [-0.3, -0.25) is 9.59 Å². The average Bonchev–Trinajstić information content (AvgIpc) is 3.33. The minimum Gasteiger partial charge on any atom is -0.337 e. The van der Waals surface area contributed by atoms with Crippen molar-refractivity contribution in [2.24, 2.45) is 0 Å². The van der Waals surface area contributed by atoms with Crippen LogP contribution in [0.2, 0.25) is 0 Å². The van der Waals surface area contributed by atoms with Gasteiger partial charge in [-0.1, -0.05) is 41.7 Å². The maximum Gasteiger partial charge on any atom is 0.433 e. The van der Waals surface area contributed by atoms with E-state index in [9.17, 15) is 22.8 Å². The van der Waals surface area contributed by atoms with Crippen LogP contribution in [0.4, 0.5) is 18.3 Å². The van der Waals surface area contributed by atoms with Crippen molar-refractivity contribution in [3.05, 3.63) is 58.0 Å². The van der Waals surface area contributed by atoms with Crippen LogP contribution in [-0.4, -0.2) is 33.0 Å². The van der Waals surface area contributed by atoms with Gasteiger partial charge in [0.25, 0.3) is 5.56 Å². The Kier molecular flexibility index (Phi) is 5.12. The maximum absolute atomic E-state index is 12.9. The molecule has 1 aliphatic rings. The van der Waals surface area contributed by atoms with E-state index in [1.807, 2.05) is 30.3 Å². The zero-order chi connectivity index (χ0) is 20.6. The number of carbonyl (C=O) groups is 1. The fourth-order valence-corrected chi connectivity index (χ4v) is 4.45. The molecule has 3 aromatic rings. The minimum atomic E-state index is -4.71. The second-order valence-electron chi connectivity index (χ2n) is 6.86. The van der Waals surface area contributed by atoms with Crippen molar-refractivity contribution < 1.29 is 18.0 Å². The smallest absolute Gasteiger partial charge is 0.337 e. The Balaban J connectivity index is 1.56. The number of alkyl halides is 3. The number of benzene rings is 1. The van der Waals surface area contributed by atoms with Crippen LogP contribution < -0.4 is 10.5 Å². The molecule has 0 bridgehead atoms. The molecule has 0 radical (unpaired) electrons. The topological polar surface area (TPSA) is 67.6 Å². The SMILES string of the molecule is O=C(CCc1ccccc1)[C@H]1CCCN1c1nn2c(=O)cc(C(F)(F)F)nc2s1. The van der Waals surface area contributed by atoms with Crippen LogP contribution in [0.15, 0.2) is 41.2 Å². The van der Waals surface area contributed by atoms with E-state index in [-0.39, 0.29) is 10.7 Å². The van der Waals surface area contributed by atoms with Crippen LogP contribution in [-0.2, 0) is 17.4 Å². The minimum absolute atomic E-state index is 0.0573. The summed E-state index contributed by atoms with van der Waals surface area (Å²) in [4.78, 5) is 30.0. The van der Waals surface area contributed by atoms with E-state index in [4.69, 9.17) is 0 Å². The Hall–Kier alpha value is -2.75. The third kappa shape index (κ3) is 4.02. The quantitative estimate of drug-likeness (QED) is 0.631. The predicted octanol–water partition coefficient (Wildman–Crippen LogP) is 3.34. The van der Waals surface area contributed by atoms with E-state index in [0.717, 1.165) is 27.8 Å². The molecule has 0 N–H and O–H groups in total. The van der Waals surface area contributed by atoms with Crippen LogP contribution in [0.3, 0.4) is 0 Å². The van der Waals surface area contributed by atoms with Crippen LogP contribution >= 0.6 is 11.3 Å². The van der Waals surface area contributed by atoms with Gasteiger partial charge in [0.15, 0.2) is 11.5 Å². The number of fused-ring (bicyclic) bond motifs is 1. The lowest BCUT2D eigenvalue weighted by molar-refractivity contribution is -0.141. The number of Topliss-reactive ketones (excluding diaryl/α,β-unsaturated/α-hetero) is 1. The van der Waals surface area contributed by atoms with Gasteiger partial charge in [0.2, 0.25) is 10.1 Å². The second kappa shape index (κ2) is 7.58. The number of hydrogen-bond donors (Lipinski definition) is 0. The molecule has 0 amide bonds. The lowest BCUT2D eigenvalue weighted by Gasteiger charge is -2.22. The number of aryl methyl sites for hydroxylation is 1. The summed E-state index contributed by atoms with van der Waals surface area (Å²) in [5.41, 5.74) is -1.06. The van der Waals surface area contributed by atoms with Crippen molar-refractivity contribution in [3.8, 4) is 0 Å². The number of aromatic nitrogens is 3. The first-order valence-electron chi connectivity index (χ1n) is 9.14. The zero-order valence-corrected chi connectivity index (χ0v) is 16.0. The normalized spacial score (nSPS) is 17.2. The van der Waals surface area contributed by atoms with E-state index < -0.39 is 23.5 Å². The molecule has 0 unspecified atom stereocenters. The number of rotatable bonds is 5. The molecule has 0 spiro atoms. The zero-order valence-electron chi connectivity index (χ0n) is 15.2. The molecule has 6 nitrogen and oxygen atoms in total. The molecule has 0 aliphatic carbocycles. The third-order valence-corrected chi connectivity index (χ3v) is 5.84. The molecule has 2 aromatic heterocycles. The lowest BCUT2D eigenvalue weighted by Crippen LogP contribution is -2.36. The molecule has 29 heavy (non-hydrogen) atoms. The van der Waals surface area contributed by atoms with Crippen LogP contribution in [0, 0.1) is 0 Å². The lowest BCUT2D eigenvalue weighted by atomic mass is 10.0. The number of anilines is 1. The van der Waals surface area contributed by atoms with Gasteiger partial charge < -0.3 is 4.90 Å². The summed E-state index contributed by atoms with van der Waals surface area (Å²) in [5, 5.41) is 4.47. The Morgan fingerprint density at radius 3 is 2.72 bits per heavy atom. The molecule has 152 valence electrons. The summed E-state index contributed by atoms with van der Waals surface area (Å²) in [5.74, 6) is 0.0573. The van der Waals surface area contributed by atoms with Gasteiger partial charge in [-0.2, -0.15) is 17.7 Å². The van der Waals surface area contributed by atoms with Gasteiger partial charge in [0.1, 0.15) is 0 Å². The summed E-state index contributed by atoms with van der Waals surface area (Å²) in [6, 6.07) is 9.72. The summed E-state index contributed by atoms with van der Waals surface area (Å²) in [6.07, 6.45) is -2.29. The highest BCUT2D eigenvalue weighted by Crippen LogP contribution is 2.32. The first kappa shape index (κ1) is 19.6. The monoisotopic (exact) mass is 422 g/mol. The van der Waals surface area contributed by atoms with Crippen molar-refractivity contribution in [1.29, 1.82) is 0 Å². The second-order valence-corrected chi connectivity index (χ2v) is 7.79. The van der Waals surface area contributed by atoms with Gasteiger partial charge in [0.05, 0.1) is 6.04 Å². The first-order valence-corrected chi connectivity index (χ1v) is 9.96. The van der Waals surface area contributed by atoms with Crippen molar-refractivity contribution in [2.45, 2.75) is 37.9 Å².